The van der Waals surface area contributed by atoms with Crippen molar-refractivity contribution in [1.29, 1.82) is 0 Å². The lowest BCUT2D eigenvalue weighted by Crippen LogP contribution is -2.42. The van der Waals surface area contributed by atoms with Crippen LogP contribution in [0.15, 0.2) is 23.1 Å². The number of nitro groups is 1. The fourth-order valence-electron chi connectivity index (χ4n) is 3.33. The van der Waals surface area contributed by atoms with Crippen LogP contribution >= 0.6 is 12.4 Å². The summed E-state index contributed by atoms with van der Waals surface area (Å²) in [4.78, 5) is 9.56. The van der Waals surface area contributed by atoms with Gasteiger partial charge in [0.15, 0.2) is 4.90 Å². The molecule has 10 heteroatoms. The molecule has 1 aromatic carbocycles. The Balaban J connectivity index is 0.00000192. The molecule has 2 aliphatic rings. The van der Waals surface area contributed by atoms with Crippen LogP contribution in [0.4, 0.5) is 10.1 Å². The molecule has 2 aliphatic heterocycles. The van der Waals surface area contributed by atoms with E-state index in [1.165, 1.54) is 10.4 Å². The molecule has 2 fully saturated rings. The number of halogens is 2. The average molecular weight is 366 g/mol. The summed E-state index contributed by atoms with van der Waals surface area (Å²) in [5.41, 5.74) is -0.973. The van der Waals surface area contributed by atoms with Gasteiger partial charge in [-0.1, -0.05) is 6.07 Å². The molecule has 23 heavy (non-hydrogen) atoms. The second kappa shape index (κ2) is 6.68. The fraction of sp³-hybridized carbons (Fsp3) is 0.538. The van der Waals surface area contributed by atoms with Crippen LogP contribution in [0, 0.1) is 15.9 Å². The van der Waals surface area contributed by atoms with Crippen molar-refractivity contribution in [3.05, 3.63) is 34.1 Å². The maximum absolute atomic E-state index is 13.8. The molecule has 3 rings (SSSR count). The summed E-state index contributed by atoms with van der Waals surface area (Å²) in [6, 6.07) is 2.77. The Morgan fingerprint density at radius 3 is 2.65 bits per heavy atom. The van der Waals surface area contributed by atoms with E-state index in [-0.39, 0.29) is 24.5 Å². The molecule has 2 saturated heterocycles. The number of rotatable bonds is 3. The quantitative estimate of drug-likeness (QED) is 0.649. The molecule has 0 amide bonds. The van der Waals surface area contributed by atoms with E-state index in [4.69, 9.17) is 0 Å². The molecule has 128 valence electrons. The van der Waals surface area contributed by atoms with Crippen molar-refractivity contribution in [2.75, 3.05) is 13.1 Å². The van der Waals surface area contributed by atoms with Crippen LogP contribution in [0.25, 0.3) is 0 Å². The Kier molecular flexibility index (Phi) is 5.24. The number of nitrogens with zero attached hydrogens (tertiary/aromatic N) is 2. The second-order valence-corrected chi connectivity index (χ2v) is 7.37. The molecule has 0 aliphatic carbocycles. The summed E-state index contributed by atoms with van der Waals surface area (Å²) >= 11 is 0. The highest BCUT2D eigenvalue weighted by Crippen LogP contribution is 2.37. The van der Waals surface area contributed by atoms with E-state index in [1.807, 2.05) is 0 Å². The number of hydrogen-bond donors (Lipinski definition) is 1. The van der Waals surface area contributed by atoms with Gasteiger partial charge in [0.25, 0.3) is 10.0 Å². The summed E-state index contributed by atoms with van der Waals surface area (Å²) in [6.45, 7) is 1.22. The maximum atomic E-state index is 13.8. The van der Waals surface area contributed by atoms with E-state index in [0.717, 1.165) is 18.6 Å². The number of sulfonamides is 1. The molecule has 2 atom stereocenters. The van der Waals surface area contributed by atoms with Gasteiger partial charge in [-0.15, -0.1) is 12.4 Å². The van der Waals surface area contributed by atoms with Crippen LogP contribution in [0.1, 0.15) is 19.3 Å². The monoisotopic (exact) mass is 365 g/mol. The zero-order chi connectivity index (χ0) is 15.9. The highest BCUT2D eigenvalue weighted by molar-refractivity contribution is 7.89. The smallest absolute Gasteiger partial charge is 0.315 e. The van der Waals surface area contributed by atoms with Gasteiger partial charge in [-0.2, -0.15) is 8.70 Å². The lowest BCUT2D eigenvalue weighted by atomic mass is 10.1. The van der Waals surface area contributed by atoms with E-state index in [1.54, 1.807) is 0 Å². The average Bonchev–Trinajstić information content (AvgIpc) is 2.72. The summed E-state index contributed by atoms with van der Waals surface area (Å²) in [7, 11) is -4.11. The van der Waals surface area contributed by atoms with Crippen molar-refractivity contribution >= 4 is 28.1 Å². The van der Waals surface area contributed by atoms with Crippen LogP contribution in [0.5, 0.6) is 0 Å². The van der Waals surface area contributed by atoms with E-state index in [9.17, 15) is 22.9 Å². The third-order valence-electron chi connectivity index (χ3n) is 4.27. The Morgan fingerprint density at radius 1 is 1.26 bits per heavy atom. The molecule has 0 spiro atoms. The summed E-state index contributed by atoms with van der Waals surface area (Å²) in [6.07, 6.45) is 2.09. The lowest BCUT2D eigenvalue weighted by Gasteiger charge is -2.26. The first-order chi connectivity index (χ1) is 10.4. The van der Waals surface area contributed by atoms with Gasteiger partial charge < -0.3 is 5.32 Å². The number of nitrogens with one attached hydrogen (secondary N) is 1. The number of nitro benzene ring substituents is 1. The van der Waals surface area contributed by atoms with Gasteiger partial charge in [0, 0.05) is 18.6 Å². The lowest BCUT2D eigenvalue weighted by molar-refractivity contribution is -0.390. The molecule has 2 unspecified atom stereocenters. The standard InChI is InChI=1S/C13H16FN3O4S.ClH/c14-11-2-1-3-12(13(11)17(18)19)22(20,21)16-9-4-5-10(16)8-15-7-6-9;/h1-3,9-10,15H,4-8H2;1H. The zero-order valence-corrected chi connectivity index (χ0v) is 13.8. The maximum Gasteiger partial charge on any atom is 0.324 e. The fourth-order valence-corrected chi connectivity index (χ4v) is 5.40. The first-order valence-electron chi connectivity index (χ1n) is 7.10. The van der Waals surface area contributed by atoms with Gasteiger partial charge in [-0.3, -0.25) is 10.1 Å². The third-order valence-corrected chi connectivity index (χ3v) is 6.31. The number of benzene rings is 1. The molecule has 2 bridgehead atoms. The SMILES string of the molecule is Cl.O=[N+]([O-])c1c(F)cccc1S(=O)(=O)N1C2CCNCC1CC2. The first-order valence-corrected chi connectivity index (χ1v) is 8.54. The molecule has 0 saturated carbocycles. The van der Waals surface area contributed by atoms with Gasteiger partial charge in [-0.25, -0.2) is 8.42 Å². The van der Waals surface area contributed by atoms with Crippen molar-refractivity contribution in [2.24, 2.45) is 0 Å². The highest BCUT2D eigenvalue weighted by Gasteiger charge is 2.45. The molecular weight excluding hydrogens is 349 g/mol. The minimum Gasteiger partial charge on any atom is -0.315 e. The number of hydrogen-bond acceptors (Lipinski definition) is 5. The molecule has 1 aromatic rings. The summed E-state index contributed by atoms with van der Waals surface area (Å²) in [5, 5.41) is 14.3. The first kappa shape index (κ1) is 18.1. The molecule has 7 nitrogen and oxygen atoms in total. The van der Waals surface area contributed by atoms with E-state index in [2.05, 4.69) is 5.32 Å². The van der Waals surface area contributed by atoms with E-state index >= 15 is 0 Å². The zero-order valence-electron chi connectivity index (χ0n) is 12.1. The van der Waals surface area contributed by atoms with Gasteiger partial charge in [0.2, 0.25) is 5.82 Å². The predicted octanol–water partition coefficient (Wildman–Crippen LogP) is 1.67. The summed E-state index contributed by atoms with van der Waals surface area (Å²) < 4.78 is 40.9. The largest absolute Gasteiger partial charge is 0.324 e. The van der Waals surface area contributed by atoms with Crippen LogP contribution in [-0.2, 0) is 10.0 Å². The minimum absolute atomic E-state index is 0. The Bertz CT molecular complexity index is 701. The van der Waals surface area contributed by atoms with Gasteiger partial charge in [0.1, 0.15) is 0 Å². The Labute approximate surface area is 139 Å². The van der Waals surface area contributed by atoms with Crippen LogP contribution in [0.2, 0.25) is 0 Å². The molecule has 1 N–H and O–H groups in total. The summed E-state index contributed by atoms with van der Waals surface area (Å²) in [5.74, 6) is -1.13. The van der Waals surface area contributed by atoms with Crippen LogP contribution in [0.3, 0.4) is 0 Å². The van der Waals surface area contributed by atoms with Crippen molar-refractivity contribution < 1.29 is 17.7 Å². The molecule has 0 radical (unpaired) electrons. The number of para-hydroxylation sites is 1. The topological polar surface area (TPSA) is 92.5 Å². The van der Waals surface area contributed by atoms with Crippen molar-refractivity contribution in [2.45, 2.75) is 36.2 Å². The second-order valence-electron chi connectivity index (χ2n) is 5.56. The van der Waals surface area contributed by atoms with Crippen LogP contribution in [-0.4, -0.2) is 42.8 Å². The minimum atomic E-state index is -4.11. The van der Waals surface area contributed by atoms with Gasteiger partial charge in [0.05, 0.1) is 4.92 Å². The van der Waals surface area contributed by atoms with Crippen molar-refractivity contribution in [3.63, 3.8) is 0 Å². The molecule has 0 aromatic heterocycles. The number of fused-ring (bicyclic) bond motifs is 2. The normalized spacial score (nSPS) is 24.7. The van der Waals surface area contributed by atoms with Crippen molar-refractivity contribution in [1.82, 2.24) is 9.62 Å². The van der Waals surface area contributed by atoms with Gasteiger partial charge in [-0.05, 0) is 37.9 Å². The Hall–Kier alpha value is -1.29. The predicted molar refractivity (Wildman–Crippen MR) is 83.6 cm³/mol. The van der Waals surface area contributed by atoms with Crippen LogP contribution < -0.4 is 5.32 Å². The molecule has 2 heterocycles. The van der Waals surface area contributed by atoms with E-state index < -0.39 is 31.3 Å². The third kappa shape index (κ3) is 3.06. The van der Waals surface area contributed by atoms with Crippen molar-refractivity contribution in [3.8, 4) is 0 Å². The highest BCUT2D eigenvalue weighted by atomic mass is 35.5. The Morgan fingerprint density at radius 2 is 1.96 bits per heavy atom. The molecular formula is C13H17ClFN3O4S. The van der Waals surface area contributed by atoms with E-state index in [0.29, 0.717) is 25.9 Å². The van der Waals surface area contributed by atoms with Gasteiger partial charge >= 0.3 is 5.69 Å².